The summed E-state index contributed by atoms with van der Waals surface area (Å²) < 4.78 is 40.9. The molecule has 2 atom stereocenters. The Kier molecular flexibility index (Phi) is 4.39. The number of nitrogens with zero attached hydrogens (tertiary/aromatic N) is 1. The van der Waals surface area contributed by atoms with Gasteiger partial charge in [-0.3, -0.25) is 4.79 Å². The maximum Gasteiger partial charge on any atom is 0.243 e. The Bertz CT molecular complexity index is 768. The number of hydrogen-bond acceptors (Lipinski definition) is 4. The fourth-order valence-electron chi connectivity index (χ4n) is 3.69. The molecular weight excluding hydrogens is 333 g/mol. The number of piperidine rings is 1. The lowest BCUT2D eigenvalue weighted by molar-refractivity contribution is -0.121. The van der Waals surface area contributed by atoms with Crippen LogP contribution in [0.1, 0.15) is 18.9 Å². The average Bonchev–Trinajstić information content (AvgIpc) is 2.88. The third-order valence-corrected chi connectivity index (χ3v) is 6.79. The minimum Gasteiger partial charge on any atom is -0.348 e. The topological polar surface area (TPSA) is 78.5 Å². The SMILES string of the molecule is CC(=O)N[C@@]12CNCC[C@@H]1CN(S(=O)(=O)c1ccc(C)c(F)c1)C2. The lowest BCUT2D eigenvalue weighted by Crippen LogP contribution is -2.62. The Labute approximate surface area is 141 Å². The van der Waals surface area contributed by atoms with Crippen LogP contribution in [0.2, 0.25) is 0 Å². The van der Waals surface area contributed by atoms with Crippen molar-refractivity contribution in [2.75, 3.05) is 26.2 Å². The summed E-state index contributed by atoms with van der Waals surface area (Å²) in [5, 5.41) is 6.18. The zero-order chi connectivity index (χ0) is 17.5. The molecule has 6 nitrogen and oxygen atoms in total. The summed E-state index contributed by atoms with van der Waals surface area (Å²) >= 11 is 0. The van der Waals surface area contributed by atoms with Gasteiger partial charge in [0.15, 0.2) is 0 Å². The number of aryl methyl sites for hydroxylation is 1. The normalized spacial score (nSPS) is 27.7. The standard InChI is InChI=1S/C16H22FN3O3S/c1-11-3-4-14(7-15(11)17)24(22,23)20-8-13-5-6-18-9-16(13,10-20)19-12(2)21/h3-4,7,13,18H,5-6,8-10H2,1-2H3,(H,19,21)/t13-,16-/m1/s1. The molecular formula is C16H22FN3O3S. The van der Waals surface area contributed by atoms with Crippen LogP contribution in [0.25, 0.3) is 0 Å². The van der Waals surface area contributed by atoms with Crippen molar-refractivity contribution in [1.29, 1.82) is 0 Å². The van der Waals surface area contributed by atoms with E-state index in [-0.39, 0.29) is 23.3 Å². The predicted molar refractivity (Wildman–Crippen MR) is 87.4 cm³/mol. The second kappa shape index (κ2) is 6.09. The van der Waals surface area contributed by atoms with Crippen molar-refractivity contribution in [3.05, 3.63) is 29.6 Å². The summed E-state index contributed by atoms with van der Waals surface area (Å²) in [6.45, 7) is 4.88. The molecule has 132 valence electrons. The third kappa shape index (κ3) is 2.94. The average molecular weight is 355 g/mol. The van der Waals surface area contributed by atoms with E-state index in [1.54, 1.807) is 6.92 Å². The number of benzene rings is 1. The quantitative estimate of drug-likeness (QED) is 0.833. The van der Waals surface area contributed by atoms with E-state index in [1.165, 1.54) is 23.4 Å². The summed E-state index contributed by atoms with van der Waals surface area (Å²) in [4.78, 5) is 11.6. The van der Waals surface area contributed by atoms with Gasteiger partial charge in [0.25, 0.3) is 0 Å². The largest absolute Gasteiger partial charge is 0.348 e. The number of nitrogens with one attached hydrogen (secondary N) is 2. The minimum absolute atomic E-state index is 0.0461. The van der Waals surface area contributed by atoms with Crippen molar-refractivity contribution in [2.24, 2.45) is 5.92 Å². The monoisotopic (exact) mass is 355 g/mol. The van der Waals surface area contributed by atoms with E-state index in [2.05, 4.69) is 10.6 Å². The van der Waals surface area contributed by atoms with Gasteiger partial charge in [-0.15, -0.1) is 0 Å². The summed E-state index contributed by atoms with van der Waals surface area (Å²) in [6, 6.07) is 3.96. The lowest BCUT2D eigenvalue weighted by Gasteiger charge is -2.39. The van der Waals surface area contributed by atoms with E-state index >= 15 is 0 Å². The smallest absolute Gasteiger partial charge is 0.243 e. The van der Waals surface area contributed by atoms with Crippen molar-refractivity contribution in [2.45, 2.75) is 30.7 Å². The van der Waals surface area contributed by atoms with Gasteiger partial charge in [0.05, 0.1) is 10.4 Å². The second-order valence-corrected chi connectivity index (χ2v) is 8.65. The molecule has 1 aromatic rings. The molecule has 8 heteroatoms. The molecule has 0 spiro atoms. The van der Waals surface area contributed by atoms with Crippen molar-refractivity contribution in [3.8, 4) is 0 Å². The van der Waals surface area contributed by atoms with Crippen molar-refractivity contribution in [3.63, 3.8) is 0 Å². The second-order valence-electron chi connectivity index (χ2n) is 6.71. The van der Waals surface area contributed by atoms with Crippen molar-refractivity contribution in [1.82, 2.24) is 14.9 Å². The minimum atomic E-state index is -3.80. The van der Waals surface area contributed by atoms with Gasteiger partial charge in [0.1, 0.15) is 5.82 Å². The predicted octanol–water partition coefficient (Wildman–Crippen LogP) is 0.623. The van der Waals surface area contributed by atoms with Crippen LogP contribution >= 0.6 is 0 Å². The molecule has 0 radical (unpaired) electrons. The molecule has 2 aliphatic rings. The maximum absolute atomic E-state index is 13.8. The lowest BCUT2D eigenvalue weighted by atomic mass is 9.82. The number of amides is 1. The van der Waals surface area contributed by atoms with E-state index in [0.717, 1.165) is 19.0 Å². The highest BCUT2D eigenvalue weighted by Gasteiger charge is 2.51. The van der Waals surface area contributed by atoms with E-state index in [4.69, 9.17) is 0 Å². The Morgan fingerprint density at radius 3 is 2.88 bits per heavy atom. The first-order valence-corrected chi connectivity index (χ1v) is 9.44. The van der Waals surface area contributed by atoms with E-state index < -0.39 is 21.4 Å². The molecule has 2 heterocycles. The van der Waals surface area contributed by atoms with Crippen LogP contribution < -0.4 is 10.6 Å². The Balaban J connectivity index is 1.92. The van der Waals surface area contributed by atoms with Crippen LogP contribution in [0.4, 0.5) is 4.39 Å². The highest BCUT2D eigenvalue weighted by molar-refractivity contribution is 7.89. The molecule has 2 N–H and O–H groups in total. The highest BCUT2D eigenvalue weighted by Crippen LogP contribution is 2.35. The fraction of sp³-hybridized carbons (Fsp3) is 0.562. The molecule has 0 saturated carbocycles. The van der Waals surface area contributed by atoms with Crippen LogP contribution in [0, 0.1) is 18.7 Å². The number of halogens is 1. The summed E-state index contributed by atoms with van der Waals surface area (Å²) in [6.07, 6.45) is 0.786. The van der Waals surface area contributed by atoms with Crippen LogP contribution in [0.5, 0.6) is 0 Å². The molecule has 2 saturated heterocycles. The van der Waals surface area contributed by atoms with Crippen LogP contribution in [0.15, 0.2) is 23.1 Å². The van der Waals surface area contributed by atoms with E-state index in [0.29, 0.717) is 18.7 Å². The highest BCUT2D eigenvalue weighted by atomic mass is 32.2. The zero-order valence-corrected chi connectivity index (χ0v) is 14.6. The molecule has 0 aliphatic carbocycles. The van der Waals surface area contributed by atoms with Gasteiger partial charge in [-0.05, 0) is 43.5 Å². The van der Waals surface area contributed by atoms with Crippen LogP contribution in [-0.4, -0.2) is 50.3 Å². The van der Waals surface area contributed by atoms with Gasteiger partial charge in [-0.1, -0.05) is 6.07 Å². The number of carbonyl (C=O) groups is 1. The van der Waals surface area contributed by atoms with Gasteiger partial charge < -0.3 is 10.6 Å². The van der Waals surface area contributed by atoms with E-state index in [1.807, 2.05) is 0 Å². The molecule has 1 aromatic carbocycles. The Hall–Kier alpha value is -1.51. The third-order valence-electron chi connectivity index (χ3n) is 4.98. The van der Waals surface area contributed by atoms with Crippen LogP contribution in [0.3, 0.4) is 0 Å². The molecule has 2 aliphatic heterocycles. The van der Waals surface area contributed by atoms with E-state index in [9.17, 15) is 17.6 Å². The van der Waals surface area contributed by atoms with Gasteiger partial charge in [0.2, 0.25) is 15.9 Å². The number of carbonyl (C=O) groups excluding carboxylic acids is 1. The number of rotatable bonds is 3. The van der Waals surface area contributed by atoms with Gasteiger partial charge in [-0.25, -0.2) is 12.8 Å². The Morgan fingerprint density at radius 1 is 1.46 bits per heavy atom. The number of fused-ring (bicyclic) bond motifs is 1. The van der Waals surface area contributed by atoms with Crippen molar-refractivity contribution < 1.29 is 17.6 Å². The molecule has 0 aromatic heterocycles. The Morgan fingerprint density at radius 2 is 2.21 bits per heavy atom. The van der Waals surface area contributed by atoms with Gasteiger partial charge in [-0.2, -0.15) is 4.31 Å². The number of hydrogen-bond donors (Lipinski definition) is 2. The van der Waals surface area contributed by atoms with Crippen LogP contribution in [-0.2, 0) is 14.8 Å². The molecule has 2 fully saturated rings. The summed E-state index contributed by atoms with van der Waals surface area (Å²) in [7, 11) is -3.80. The first-order valence-electron chi connectivity index (χ1n) is 8.00. The van der Waals surface area contributed by atoms with Crippen molar-refractivity contribution >= 4 is 15.9 Å². The fourth-order valence-corrected chi connectivity index (χ4v) is 5.25. The number of sulfonamides is 1. The maximum atomic E-state index is 13.8. The summed E-state index contributed by atoms with van der Waals surface area (Å²) in [5.74, 6) is -0.664. The molecule has 24 heavy (non-hydrogen) atoms. The first-order chi connectivity index (χ1) is 11.2. The van der Waals surface area contributed by atoms with Gasteiger partial charge in [0, 0.05) is 26.6 Å². The van der Waals surface area contributed by atoms with Gasteiger partial charge >= 0.3 is 0 Å². The molecule has 3 rings (SSSR count). The molecule has 0 unspecified atom stereocenters. The zero-order valence-electron chi connectivity index (χ0n) is 13.8. The first kappa shape index (κ1) is 17.3. The molecule has 0 bridgehead atoms. The molecule has 1 amide bonds. The summed E-state index contributed by atoms with van der Waals surface area (Å²) in [5.41, 5.74) is -0.191.